The minimum absolute atomic E-state index is 0.0597. The van der Waals surface area contributed by atoms with Crippen molar-refractivity contribution in [1.29, 1.82) is 0 Å². The van der Waals surface area contributed by atoms with Crippen LogP contribution in [0.4, 0.5) is 11.4 Å². The molecule has 1 amide bonds. The van der Waals surface area contributed by atoms with Gasteiger partial charge in [0, 0.05) is 26.2 Å². The van der Waals surface area contributed by atoms with Crippen molar-refractivity contribution < 1.29 is 9.53 Å². The van der Waals surface area contributed by atoms with E-state index >= 15 is 0 Å². The van der Waals surface area contributed by atoms with E-state index in [2.05, 4.69) is 29.8 Å². The van der Waals surface area contributed by atoms with Crippen molar-refractivity contribution >= 4 is 17.3 Å². The molecule has 0 bridgehead atoms. The highest BCUT2D eigenvalue weighted by atomic mass is 16.5. The Balaban J connectivity index is 1.79. The molecule has 0 spiro atoms. The van der Waals surface area contributed by atoms with Crippen LogP contribution in [0.25, 0.3) is 0 Å². The number of para-hydroxylation sites is 1. The maximum Gasteiger partial charge on any atom is 0.253 e. The van der Waals surface area contributed by atoms with Gasteiger partial charge in [-0.05, 0) is 24.5 Å². The summed E-state index contributed by atoms with van der Waals surface area (Å²) in [6.45, 7) is 7.89. The average molecular weight is 291 g/mol. The summed E-state index contributed by atoms with van der Waals surface area (Å²) in [6.07, 6.45) is 1.05. The van der Waals surface area contributed by atoms with Crippen LogP contribution in [0.3, 0.4) is 0 Å². The Morgan fingerprint density at radius 3 is 2.90 bits per heavy atom. The Hall–Kier alpha value is -1.75. The van der Waals surface area contributed by atoms with Gasteiger partial charge in [-0.15, -0.1) is 0 Å². The number of nitrogens with one attached hydrogen (secondary N) is 3. The van der Waals surface area contributed by atoms with E-state index in [-0.39, 0.29) is 5.91 Å². The van der Waals surface area contributed by atoms with Crippen LogP contribution >= 0.6 is 0 Å². The van der Waals surface area contributed by atoms with Gasteiger partial charge in [0.15, 0.2) is 0 Å². The second-order valence-corrected chi connectivity index (χ2v) is 5.63. The van der Waals surface area contributed by atoms with Gasteiger partial charge >= 0.3 is 0 Å². The SMILES string of the molecule is CC(C)CCOCCNC(=O)c1cccc2c1NCCN2. The Morgan fingerprint density at radius 1 is 1.29 bits per heavy atom. The highest BCUT2D eigenvalue weighted by molar-refractivity contribution is 6.02. The molecule has 3 N–H and O–H groups in total. The molecule has 0 atom stereocenters. The number of carbonyl (C=O) groups excluding carboxylic acids is 1. The second-order valence-electron chi connectivity index (χ2n) is 5.63. The van der Waals surface area contributed by atoms with Crippen molar-refractivity contribution in [3.8, 4) is 0 Å². The fourth-order valence-electron chi connectivity index (χ4n) is 2.22. The third-order valence-electron chi connectivity index (χ3n) is 3.42. The summed E-state index contributed by atoms with van der Waals surface area (Å²) in [7, 11) is 0. The lowest BCUT2D eigenvalue weighted by atomic mass is 10.1. The smallest absolute Gasteiger partial charge is 0.253 e. The lowest BCUT2D eigenvalue weighted by Gasteiger charge is -2.22. The summed E-state index contributed by atoms with van der Waals surface area (Å²) in [4.78, 5) is 12.2. The molecule has 0 aliphatic carbocycles. The molecule has 0 aromatic heterocycles. The van der Waals surface area contributed by atoms with E-state index in [1.54, 1.807) is 0 Å². The topological polar surface area (TPSA) is 62.4 Å². The van der Waals surface area contributed by atoms with Crippen LogP contribution in [0.5, 0.6) is 0 Å². The molecule has 0 unspecified atom stereocenters. The number of ether oxygens (including phenoxy) is 1. The number of rotatable bonds is 7. The first-order valence-electron chi connectivity index (χ1n) is 7.65. The molecule has 5 nitrogen and oxygen atoms in total. The molecule has 1 aliphatic heterocycles. The van der Waals surface area contributed by atoms with E-state index in [1.807, 2.05) is 18.2 Å². The quantitative estimate of drug-likeness (QED) is 0.675. The van der Waals surface area contributed by atoms with Crippen LogP contribution in [-0.4, -0.2) is 38.8 Å². The highest BCUT2D eigenvalue weighted by Gasteiger charge is 2.16. The van der Waals surface area contributed by atoms with Gasteiger partial charge in [-0.1, -0.05) is 19.9 Å². The molecule has 0 saturated carbocycles. The lowest BCUT2D eigenvalue weighted by Crippen LogP contribution is -2.30. The van der Waals surface area contributed by atoms with Crippen LogP contribution in [0.1, 0.15) is 30.6 Å². The average Bonchev–Trinajstić information content (AvgIpc) is 2.49. The normalized spacial score (nSPS) is 13.3. The fraction of sp³-hybridized carbons (Fsp3) is 0.562. The minimum atomic E-state index is -0.0597. The zero-order valence-electron chi connectivity index (χ0n) is 12.9. The van der Waals surface area contributed by atoms with Gasteiger partial charge in [0.2, 0.25) is 0 Å². The van der Waals surface area contributed by atoms with E-state index in [1.165, 1.54) is 0 Å². The molecule has 1 aliphatic rings. The Kier molecular flexibility index (Phi) is 5.87. The Bertz CT molecular complexity index is 475. The van der Waals surface area contributed by atoms with Crippen molar-refractivity contribution in [2.24, 2.45) is 5.92 Å². The first kappa shape index (κ1) is 15.6. The predicted molar refractivity (Wildman–Crippen MR) is 86.0 cm³/mol. The largest absolute Gasteiger partial charge is 0.382 e. The van der Waals surface area contributed by atoms with E-state index in [9.17, 15) is 4.79 Å². The van der Waals surface area contributed by atoms with Crippen LogP contribution < -0.4 is 16.0 Å². The second kappa shape index (κ2) is 7.88. The van der Waals surface area contributed by atoms with Crippen molar-refractivity contribution in [2.45, 2.75) is 20.3 Å². The van der Waals surface area contributed by atoms with Crippen molar-refractivity contribution in [3.05, 3.63) is 23.8 Å². The van der Waals surface area contributed by atoms with Crippen LogP contribution in [0.2, 0.25) is 0 Å². The lowest BCUT2D eigenvalue weighted by molar-refractivity contribution is 0.0906. The number of anilines is 2. The number of hydrogen-bond acceptors (Lipinski definition) is 4. The summed E-state index contributed by atoms with van der Waals surface area (Å²) < 4.78 is 5.50. The predicted octanol–water partition coefficient (Wildman–Crippen LogP) is 2.32. The van der Waals surface area contributed by atoms with Crippen LogP contribution in [-0.2, 0) is 4.74 Å². The van der Waals surface area contributed by atoms with Crippen molar-refractivity contribution in [2.75, 3.05) is 43.5 Å². The van der Waals surface area contributed by atoms with Gasteiger partial charge in [0.25, 0.3) is 5.91 Å². The molecule has 1 heterocycles. The molecular weight excluding hydrogens is 266 g/mol. The molecule has 2 rings (SSSR count). The molecule has 116 valence electrons. The molecule has 1 aromatic rings. The van der Waals surface area contributed by atoms with Crippen LogP contribution in [0, 0.1) is 5.92 Å². The van der Waals surface area contributed by atoms with Gasteiger partial charge < -0.3 is 20.7 Å². The summed E-state index contributed by atoms with van der Waals surface area (Å²) in [5, 5.41) is 9.47. The third-order valence-corrected chi connectivity index (χ3v) is 3.42. The molecule has 21 heavy (non-hydrogen) atoms. The van der Waals surface area contributed by atoms with Crippen molar-refractivity contribution in [1.82, 2.24) is 5.32 Å². The number of amides is 1. The summed E-state index contributed by atoms with van der Waals surface area (Å²) in [5.41, 5.74) is 2.56. The fourth-order valence-corrected chi connectivity index (χ4v) is 2.22. The maximum atomic E-state index is 12.2. The van der Waals surface area contributed by atoms with Gasteiger partial charge in [-0.25, -0.2) is 0 Å². The number of carbonyl (C=O) groups is 1. The first-order valence-corrected chi connectivity index (χ1v) is 7.65. The summed E-state index contributed by atoms with van der Waals surface area (Å²) in [5.74, 6) is 0.588. The molecular formula is C16H25N3O2. The summed E-state index contributed by atoms with van der Waals surface area (Å²) >= 11 is 0. The zero-order chi connectivity index (χ0) is 15.1. The number of benzene rings is 1. The molecule has 0 saturated heterocycles. The summed E-state index contributed by atoms with van der Waals surface area (Å²) in [6, 6.07) is 5.72. The number of fused-ring (bicyclic) bond motifs is 1. The van der Waals surface area contributed by atoms with E-state index in [4.69, 9.17) is 4.74 Å². The monoisotopic (exact) mass is 291 g/mol. The van der Waals surface area contributed by atoms with Gasteiger partial charge in [0.1, 0.15) is 0 Å². The molecule has 5 heteroatoms. The maximum absolute atomic E-state index is 12.2. The van der Waals surface area contributed by atoms with Gasteiger partial charge in [0.05, 0.1) is 23.5 Å². The van der Waals surface area contributed by atoms with Gasteiger partial charge in [-0.3, -0.25) is 4.79 Å². The standard InChI is InChI=1S/C16H25N3O2/c1-12(2)6-10-21-11-9-19-16(20)13-4-3-5-14-15(13)18-8-7-17-14/h3-5,12,17-18H,6-11H2,1-2H3,(H,19,20). The number of hydrogen-bond donors (Lipinski definition) is 3. The minimum Gasteiger partial charge on any atom is -0.382 e. The molecule has 0 radical (unpaired) electrons. The Labute approximate surface area is 126 Å². The van der Waals surface area contributed by atoms with E-state index in [0.29, 0.717) is 24.6 Å². The Morgan fingerprint density at radius 2 is 2.10 bits per heavy atom. The van der Waals surface area contributed by atoms with E-state index < -0.39 is 0 Å². The van der Waals surface area contributed by atoms with E-state index in [0.717, 1.165) is 37.5 Å². The first-order chi connectivity index (χ1) is 10.2. The van der Waals surface area contributed by atoms with Crippen LogP contribution in [0.15, 0.2) is 18.2 Å². The highest BCUT2D eigenvalue weighted by Crippen LogP contribution is 2.28. The third kappa shape index (κ3) is 4.63. The molecule has 1 aromatic carbocycles. The van der Waals surface area contributed by atoms with Crippen molar-refractivity contribution in [3.63, 3.8) is 0 Å². The van der Waals surface area contributed by atoms with Gasteiger partial charge in [-0.2, -0.15) is 0 Å². The molecule has 0 fully saturated rings. The zero-order valence-corrected chi connectivity index (χ0v) is 12.9.